The molecular weight excluding hydrogens is 226 g/mol. The van der Waals surface area contributed by atoms with E-state index in [1.807, 2.05) is 61.5 Å². The Bertz CT molecular complexity index is 523. The fourth-order valence-electron chi connectivity index (χ4n) is 1.58. The minimum atomic E-state index is -0.163. The Morgan fingerprint density at radius 2 is 1.72 bits per heavy atom. The van der Waals surface area contributed by atoms with Gasteiger partial charge in [0.05, 0.1) is 0 Å². The highest BCUT2D eigenvalue weighted by Gasteiger charge is 2.04. The van der Waals surface area contributed by atoms with Crippen molar-refractivity contribution < 1.29 is 9.53 Å². The average molecular weight is 241 g/mol. The fraction of sp³-hybridized carbons (Fsp3) is 0.133. The summed E-state index contributed by atoms with van der Waals surface area (Å²) in [6.07, 6.45) is 0. The van der Waals surface area contributed by atoms with Crippen molar-refractivity contribution in [1.82, 2.24) is 0 Å². The zero-order valence-corrected chi connectivity index (χ0v) is 10.2. The van der Waals surface area contributed by atoms with E-state index in [4.69, 9.17) is 4.74 Å². The van der Waals surface area contributed by atoms with E-state index in [-0.39, 0.29) is 12.5 Å². The highest BCUT2D eigenvalue weighted by molar-refractivity contribution is 5.91. The quantitative estimate of drug-likeness (QED) is 0.893. The summed E-state index contributed by atoms with van der Waals surface area (Å²) in [6, 6.07) is 17.0. The molecule has 0 radical (unpaired) electrons. The lowest BCUT2D eigenvalue weighted by Gasteiger charge is -2.09. The molecule has 0 spiro atoms. The molecule has 92 valence electrons. The van der Waals surface area contributed by atoms with Crippen molar-refractivity contribution in [2.24, 2.45) is 0 Å². The summed E-state index contributed by atoms with van der Waals surface area (Å²) in [5.41, 5.74) is 1.79. The predicted molar refractivity (Wildman–Crippen MR) is 71.7 cm³/mol. The second-order valence-electron chi connectivity index (χ2n) is 3.97. The van der Waals surface area contributed by atoms with Gasteiger partial charge in [-0.2, -0.15) is 0 Å². The van der Waals surface area contributed by atoms with Gasteiger partial charge in [-0.25, -0.2) is 0 Å². The number of aryl methyl sites for hydroxylation is 1. The van der Waals surface area contributed by atoms with Crippen LogP contribution in [-0.2, 0) is 4.79 Å². The van der Waals surface area contributed by atoms with Gasteiger partial charge in [0.25, 0.3) is 5.91 Å². The minimum Gasteiger partial charge on any atom is -0.483 e. The molecule has 2 rings (SSSR count). The van der Waals surface area contributed by atoms with Gasteiger partial charge in [-0.05, 0) is 30.7 Å². The maximum Gasteiger partial charge on any atom is 0.262 e. The fourth-order valence-corrected chi connectivity index (χ4v) is 1.58. The third-order valence-electron chi connectivity index (χ3n) is 2.51. The summed E-state index contributed by atoms with van der Waals surface area (Å²) in [4.78, 5) is 11.7. The Labute approximate surface area is 106 Å². The third kappa shape index (κ3) is 3.35. The second-order valence-corrected chi connectivity index (χ2v) is 3.97. The van der Waals surface area contributed by atoms with Crippen LogP contribution in [0.1, 0.15) is 5.56 Å². The van der Waals surface area contributed by atoms with Crippen LogP contribution in [0.4, 0.5) is 5.69 Å². The topological polar surface area (TPSA) is 38.3 Å². The summed E-state index contributed by atoms with van der Waals surface area (Å²) < 4.78 is 5.46. The zero-order valence-electron chi connectivity index (χ0n) is 10.2. The standard InChI is InChI=1S/C15H15NO2/c1-12-7-5-6-10-14(12)18-11-15(17)16-13-8-3-2-4-9-13/h2-10H,11H2,1H3,(H,16,17). The van der Waals surface area contributed by atoms with Gasteiger partial charge in [0.2, 0.25) is 0 Å². The Morgan fingerprint density at radius 3 is 2.44 bits per heavy atom. The number of hydrogen-bond donors (Lipinski definition) is 1. The van der Waals surface area contributed by atoms with E-state index in [1.165, 1.54) is 0 Å². The minimum absolute atomic E-state index is 0.0136. The van der Waals surface area contributed by atoms with Crippen molar-refractivity contribution in [2.75, 3.05) is 11.9 Å². The largest absolute Gasteiger partial charge is 0.483 e. The van der Waals surface area contributed by atoms with Gasteiger partial charge in [0, 0.05) is 5.69 Å². The Hall–Kier alpha value is -2.29. The Morgan fingerprint density at radius 1 is 1.06 bits per heavy atom. The van der Waals surface area contributed by atoms with Gasteiger partial charge in [-0.1, -0.05) is 36.4 Å². The number of carbonyl (C=O) groups excluding carboxylic acids is 1. The van der Waals surface area contributed by atoms with Crippen molar-refractivity contribution >= 4 is 11.6 Å². The van der Waals surface area contributed by atoms with E-state index in [0.29, 0.717) is 0 Å². The smallest absolute Gasteiger partial charge is 0.262 e. The summed E-state index contributed by atoms with van der Waals surface area (Å²) in [5.74, 6) is 0.574. The van der Waals surface area contributed by atoms with Crippen molar-refractivity contribution in [3.05, 3.63) is 60.2 Å². The first-order chi connectivity index (χ1) is 8.75. The predicted octanol–water partition coefficient (Wildman–Crippen LogP) is 3.01. The number of nitrogens with one attached hydrogen (secondary N) is 1. The maximum atomic E-state index is 11.7. The lowest BCUT2D eigenvalue weighted by Crippen LogP contribution is -2.20. The molecule has 3 nitrogen and oxygen atoms in total. The van der Waals surface area contributed by atoms with Crippen molar-refractivity contribution in [1.29, 1.82) is 0 Å². The first-order valence-electron chi connectivity index (χ1n) is 5.79. The van der Waals surface area contributed by atoms with Gasteiger partial charge >= 0.3 is 0 Å². The van der Waals surface area contributed by atoms with Crippen LogP contribution in [-0.4, -0.2) is 12.5 Å². The van der Waals surface area contributed by atoms with Crippen molar-refractivity contribution in [2.45, 2.75) is 6.92 Å². The van der Waals surface area contributed by atoms with E-state index in [1.54, 1.807) is 0 Å². The molecule has 0 aromatic heterocycles. The highest BCUT2D eigenvalue weighted by Crippen LogP contribution is 2.16. The van der Waals surface area contributed by atoms with Crippen LogP contribution in [0.2, 0.25) is 0 Å². The van der Waals surface area contributed by atoms with Crippen LogP contribution in [0.5, 0.6) is 5.75 Å². The molecular formula is C15H15NO2. The number of hydrogen-bond acceptors (Lipinski definition) is 2. The molecule has 0 saturated carbocycles. The number of para-hydroxylation sites is 2. The molecule has 0 atom stereocenters. The van der Waals surface area contributed by atoms with Crippen LogP contribution in [0.15, 0.2) is 54.6 Å². The lowest BCUT2D eigenvalue weighted by atomic mass is 10.2. The normalized spacial score (nSPS) is 9.83. The van der Waals surface area contributed by atoms with E-state index in [2.05, 4.69) is 5.32 Å². The third-order valence-corrected chi connectivity index (χ3v) is 2.51. The van der Waals surface area contributed by atoms with Crippen molar-refractivity contribution in [3.63, 3.8) is 0 Å². The van der Waals surface area contributed by atoms with E-state index in [9.17, 15) is 4.79 Å². The van der Waals surface area contributed by atoms with Crippen LogP contribution in [0, 0.1) is 6.92 Å². The molecule has 0 bridgehead atoms. The first kappa shape index (κ1) is 12.2. The number of ether oxygens (including phenoxy) is 1. The number of amides is 1. The van der Waals surface area contributed by atoms with Crippen LogP contribution >= 0.6 is 0 Å². The number of carbonyl (C=O) groups is 1. The van der Waals surface area contributed by atoms with Crippen LogP contribution in [0.25, 0.3) is 0 Å². The van der Waals surface area contributed by atoms with Gasteiger partial charge < -0.3 is 10.1 Å². The summed E-state index contributed by atoms with van der Waals surface area (Å²) in [5, 5.41) is 2.77. The molecule has 1 amide bonds. The SMILES string of the molecule is Cc1ccccc1OCC(=O)Nc1ccccc1. The highest BCUT2D eigenvalue weighted by atomic mass is 16.5. The molecule has 18 heavy (non-hydrogen) atoms. The van der Waals surface area contributed by atoms with Crippen LogP contribution in [0.3, 0.4) is 0 Å². The number of benzene rings is 2. The maximum absolute atomic E-state index is 11.7. The van der Waals surface area contributed by atoms with Gasteiger partial charge in [-0.15, -0.1) is 0 Å². The average Bonchev–Trinajstić information content (AvgIpc) is 2.39. The Balaban J connectivity index is 1.88. The lowest BCUT2D eigenvalue weighted by molar-refractivity contribution is -0.118. The van der Waals surface area contributed by atoms with Gasteiger partial charge in [-0.3, -0.25) is 4.79 Å². The summed E-state index contributed by atoms with van der Waals surface area (Å²) >= 11 is 0. The molecule has 0 aliphatic carbocycles. The molecule has 0 aliphatic rings. The van der Waals surface area contributed by atoms with Gasteiger partial charge in [0.15, 0.2) is 6.61 Å². The van der Waals surface area contributed by atoms with Crippen LogP contribution < -0.4 is 10.1 Å². The zero-order chi connectivity index (χ0) is 12.8. The molecule has 0 unspecified atom stereocenters. The van der Waals surface area contributed by atoms with E-state index < -0.39 is 0 Å². The van der Waals surface area contributed by atoms with Gasteiger partial charge in [0.1, 0.15) is 5.75 Å². The molecule has 0 saturated heterocycles. The Kier molecular flexibility index (Phi) is 3.97. The number of anilines is 1. The monoisotopic (exact) mass is 241 g/mol. The molecule has 2 aromatic carbocycles. The molecule has 3 heteroatoms. The molecule has 0 fully saturated rings. The molecule has 0 aliphatic heterocycles. The number of rotatable bonds is 4. The molecule has 0 heterocycles. The second kappa shape index (κ2) is 5.87. The first-order valence-corrected chi connectivity index (χ1v) is 5.79. The molecule has 1 N–H and O–H groups in total. The molecule has 2 aromatic rings. The van der Waals surface area contributed by atoms with E-state index in [0.717, 1.165) is 17.0 Å². The summed E-state index contributed by atoms with van der Waals surface area (Å²) in [6.45, 7) is 1.96. The van der Waals surface area contributed by atoms with Crippen molar-refractivity contribution in [3.8, 4) is 5.75 Å². The van der Waals surface area contributed by atoms with E-state index >= 15 is 0 Å². The summed E-state index contributed by atoms with van der Waals surface area (Å²) in [7, 11) is 0.